The number of thioether (sulfide) groups is 1. The number of carbonyl (C=O) groups excluding carboxylic acids is 1. The van der Waals surface area contributed by atoms with E-state index in [0.29, 0.717) is 6.04 Å². The van der Waals surface area contributed by atoms with Gasteiger partial charge >= 0.3 is 0 Å². The molecule has 3 rings (SSSR count). The van der Waals surface area contributed by atoms with Crippen LogP contribution < -0.4 is 5.32 Å². The summed E-state index contributed by atoms with van der Waals surface area (Å²) in [4.78, 5) is 17.0. The third-order valence-electron chi connectivity index (χ3n) is 3.63. The molecule has 5 heteroatoms. The molecule has 1 saturated carbocycles. The summed E-state index contributed by atoms with van der Waals surface area (Å²) in [5.74, 6) is 0.0877. The number of rotatable bonds is 7. The van der Waals surface area contributed by atoms with Crippen LogP contribution in [0.3, 0.4) is 0 Å². The van der Waals surface area contributed by atoms with Gasteiger partial charge in [-0.25, -0.2) is 4.98 Å². The first-order valence-electron chi connectivity index (χ1n) is 7.81. The van der Waals surface area contributed by atoms with Crippen LogP contribution in [0.25, 0.3) is 0 Å². The second kappa shape index (κ2) is 7.01. The van der Waals surface area contributed by atoms with Crippen LogP contribution in [0, 0.1) is 0 Å². The summed E-state index contributed by atoms with van der Waals surface area (Å²) in [6, 6.07) is 10.3. The van der Waals surface area contributed by atoms with Crippen molar-refractivity contribution in [2.24, 2.45) is 0 Å². The highest BCUT2D eigenvalue weighted by Gasteiger charge is 2.29. The van der Waals surface area contributed by atoms with Gasteiger partial charge in [0.2, 0.25) is 5.91 Å². The lowest BCUT2D eigenvalue weighted by molar-refractivity contribution is -0.120. The molecule has 0 aliphatic heterocycles. The van der Waals surface area contributed by atoms with Crippen molar-refractivity contribution >= 4 is 17.7 Å². The van der Waals surface area contributed by atoms with Crippen molar-refractivity contribution in [3.05, 3.63) is 48.3 Å². The summed E-state index contributed by atoms with van der Waals surface area (Å²) in [6.45, 7) is 3.07. The standard InChI is InChI=1S/C17H21N3OS/c1-2-11-20-12-10-18-17(20)22-15(13-6-4-3-5-7-13)16(21)19-14-8-9-14/h3-7,10,12,14-15H,2,8-9,11H2,1H3,(H,19,21)/t15-/m1/s1. The third-order valence-corrected chi connectivity index (χ3v) is 4.90. The Hall–Kier alpha value is -1.75. The molecule has 1 aromatic heterocycles. The van der Waals surface area contributed by atoms with E-state index in [2.05, 4.69) is 21.8 Å². The van der Waals surface area contributed by atoms with Crippen LogP contribution in [0.4, 0.5) is 0 Å². The van der Waals surface area contributed by atoms with Crippen LogP contribution in [-0.4, -0.2) is 21.5 Å². The highest BCUT2D eigenvalue weighted by atomic mass is 32.2. The van der Waals surface area contributed by atoms with Crippen LogP contribution >= 0.6 is 11.8 Å². The van der Waals surface area contributed by atoms with E-state index in [1.54, 1.807) is 6.20 Å². The van der Waals surface area contributed by atoms with E-state index in [1.165, 1.54) is 11.8 Å². The molecular formula is C17H21N3OS. The molecule has 22 heavy (non-hydrogen) atoms. The first kappa shape index (κ1) is 15.2. The van der Waals surface area contributed by atoms with Gasteiger partial charge in [0.25, 0.3) is 0 Å². The van der Waals surface area contributed by atoms with E-state index in [0.717, 1.165) is 36.5 Å². The van der Waals surface area contributed by atoms with Crippen LogP contribution in [0.2, 0.25) is 0 Å². The molecule has 1 fully saturated rings. The number of amides is 1. The molecule has 0 radical (unpaired) electrons. The van der Waals surface area contributed by atoms with Crippen LogP contribution in [0.5, 0.6) is 0 Å². The number of hydrogen-bond donors (Lipinski definition) is 1. The number of aryl methyl sites for hydroxylation is 1. The molecule has 1 aliphatic carbocycles. The van der Waals surface area contributed by atoms with Gasteiger partial charge < -0.3 is 9.88 Å². The topological polar surface area (TPSA) is 46.9 Å². The third kappa shape index (κ3) is 3.71. The average Bonchev–Trinajstić information content (AvgIpc) is 3.24. The molecule has 1 aromatic carbocycles. The average molecular weight is 315 g/mol. The van der Waals surface area contributed by atoms with Crippen LogP contribution in [0.15, 0.2) is 47.9 Å². The van der Waals surface area contributed by atoms with Gasteiger partial charge in [0.15, 0.2) is 5.16 Å². The maximum atomic E-state index is 12.6. The Kier molecular flexibility index (Phi) is 4.83. The van der Waals surface area contributed by atoms with E-state index in [9.17, 15) is 4.79 Å². The lowest BCUT2D eigenvalue weighted by Crippen LogP contribution is -2.29. The van der Waals surface area contributed by atoms with E-state index < -0.39 is 0 Å². The van der Waals surface area contributed by atoms with Crippen LogP contribution in [-0.2, 0) is 11.3 Å². The number of aromatic nitrogens is 2. The number of benzene rings is 1. The van der Waals surface area contributed by atoms with E-state index in [1.807, 2.05) is 36.5 Å². The number of hydrogen-bond acceptors (Lipinski definition) is 3. The van der Waals surface area contributed by atoms with Gasteiger partial charge in [-0.2, -0.15) is 0 Å². The molecule has 1 amide bonds. The minimum atomic E-state index is -0.250. The molecule has 1 aliphatic rings. The van der Waals surface area contributed by atoms with Gasteiger partial charge in [-0.15, -0.1) is 0 Å². The fourth-order valence-corrected chi connectivity index (χ4v) is 3.42. The Morgan fingerprint density at radius 3 is 2.86 bits per heavy atom. The zero-order valence-electron chi connectivity index (χ0n) is 12.7. The molecule has 0 unspecified atom stereocenters. The number of imidazole rings is 1. The molecule has 1 N–H and O–H groups in total. The predicted molar refractivity (Wildman–Crippen MR) is 88.7 cm³/mol. The van der Waals surface area contributed by atoms with Crippen molar-refractivity contribution in [1.82, 2.24) is 14.9 Å². The van der Waals surface area contributed by atoms with E-state index >= 15 is 0 Å². The molecule has 116 valence electrons. The zero-order valence-corrected chi connectivity index (χ0v) is 13.6. The van der Waals surface area contributed by atoms with Gasteiger partial charge in [-0.05, 0) is 24.8 Å². The van der Waals surface area contributed by atoms with Gasteiger partial charge in [0.05, 0.1) is 0 Å². The van der Waals surface area contributed by atoms with E-state index in [-0.39, 0.29) is 11.2 Å². The summed E-state index contributed by atoms with van der Waals surface area (Å²) < 4.78 is 2.12. The van der Waals surface area contributed by atoms with Crippen molar-refractivity contribution in [2.75, 3.05) is 0 Å². The quantitative estimate of drug-likeness (QED) is 0.797. The van der Waals surface area contributed by atoms with Gasteiger partial charge in [-0.1, -0.05) is 49.0 Å². The molecule has 4 nitrogen and oxygen atoms in total. The fourth-order valence-electron chi connectivity index (χ4n) is 2.34. The zero-order chi connectivity index (χ0) is 15.4. The van der Waals surface area contributed by atoms with Gasteiger partial charge in [0, 0.05) is 25.0 Å². The molecule has 0 bridgehead atoms. The Labute approximate surface area is 135 Å². The Morgan fingerprint density at radius 2 is 2.18 bits per heavy atom. The Morgan fingerprint density at radius 1 is 1.41 bits per heavy atom. The Balaban J connectivity index is 1.81. The molecule has 2 aromatic rings. The summed E-state index contributed by atoms with van der Waals surface area (Å²) in [7, 11) is 0. The minimum absolute atomic E-state index is 0.0877. The molecule has 1 atom stereocenters. The lowest BCUT2D eigenvalue weighted by Gasteiger charge is -2.17. The lowest BCUT2D eigenvalue weighted by atomic mass is 10.1. The van der Waals surface area contributed by atoms with E-state index in [4.69, 9.17) is 0 Å². The highest BCUT2D eigenvalue weighted by Crippen LogP contribution is 2.35. The summed E-state index contributed by atoms with van der Waals surface area (Å²) in [5, 5.41) is 3.77. The van der Waals surface area contributed by atoms with Crippen molar-refractivity contribution in [3.8, 4) is 0 Å². The van der Waals surface area contributed by atoms with Gasteiger partial charge in [0.1, 0.15) is 5.25 Å². The number of nitrogens with one attached hydrogen (secondary N) is 1. The van der Waals surface area contributed by atoms with Crippen molar-refractivity contribution in [3.63, 3.8) is 0 Å². The monoisotopic (exact) mass is 315 g/mol. The highest BCUT2D eigenvalue weighted by molar-refractivity contribution is 8.00. The molecule has 0 saturated heterocycles. The number of nitrogens with zero attached hydrogens (tertiary/aromatic N) is 2. The minimum Gasteiger partial charge on any atom is -0.352 e. The van der Waals surface area contributed by atoms with Crippen molar-refractivity contribution in [1.29, 1.82) is 0 Å². The number of carbonyl (C=O) groups is 1. The van der Waals surface area contributed by atoms with Gasteiger partial charge in [-0.3, -0.25) is 4.79 Å². The van der Waals surface area contributed by atoms with Crippen molar-refractivity contribution < 1.29 is 4.79 Å². The molecule has 1 heterocycles. The largest absolute Gasteiger partial charge is 0.352 e. The Bertz CT molecular complexity index is 622. The first-order chi connectivity index (χ1) is 10.8. The maximum absolute atomic E-state index is 12.6. The maximum Gasteiger partial charge on any atom is 0.238 e. The summed E-state index contributed by atoms with van der Waals surface area (Å²) >= 11 is 1.53. The molecule has 0 spiro atoms. The first-order valence-corrected chi connectivity index (χ1v) is 8.69. The van der Waals surface area contributed by atoms with Crippen LogP contribution in [0.1, 0.15) is 37.0 Å². The molecular weight excluding hydrogens is 294 g/mol. The van der Waals surface area contributed by atoms with Crippen molar-refractivity contribution in [2.45, 2.75) is 49.2 Å². The summed E-state index contributed by atoms with van der Waals surface area (Å²) in [6.07, 6.45) is 7.03. The smallest absolute Gasteiger partial charge is 0.238 e. The predicted octanol–water partition coefficient (Wildman–Crippen LogP) is 3.41. The second-order valence-electron chi connectivity index (χ2n) is 5.59. The fraction of sp³-hybridized carbons (Fsp3) is 0.412. The summed E-state index contributed by atoms with van der Waals surface area (Å²) in [5.41, 5.74) is 1.02. The normalized spacial score (nSPS) is 15.5. The second-order valence-corrected chi connectivity index (χ2v) is 6.67. The SMILES string of the molecule is CCCn1ccnc1S[C@@H](C(=O)NC1CC1)c1ccccc1.